The molecular weight excluding hydrogens is 288 g/mol. The fourth-order valence-corrected chi connectivity index (χ4v) is 4.79. The lowest BCUT2D eigenvalue weighted by atomic mass is 9.61. The van der Waals surface area contributed by atoms with Crippen molar-refractivity contribution in [1.82, 2.24) is 5.32 Å². The minimum Gasteiger partial charge on any atom is -0.377 e. The van der Waals surface area contributed by atoms with Crippen LogP contribution in [-0.2, 0) is 4.74 Å². The van der Waals surface area contributed by atoms with Gasteiger partial charge in [0.25, 0.3) is 5.91 Å². The van der Waals surface area contributed by atoms with Gasteiger partial charge in [0.15, 0.2) is 0 Å². The van der Waals surface area contributed by atoms with Crippen molar-refractivity contribution in [3.8, 4) is 6.07 Å². The van der Waals surface area contributed by atoms with E-state index in [0.29, 0.717) is 35.0 Å². The van der Waals surface area contributed by atoms with E-state index < -0.39 is 0 Å². The summed E-state index contributed by atoms with van der Waals surface area (Å²) in [6, 6.07) is 9.21. The number of ether oxygens (including phenoxy) is 1. The first kappa shape index (κ1) is 14.7. The molecule has 1 aromatic rings. The van der Waals surface area contributed by atoms with E-state index in [1.807, 2.05) is 0 Å². The van der Waals surface area contributed by atoms with Gasteiger partial charge in [-0.15, -0.1) is 0 Å². The molecule has 4 nitrogen and oxygen atoms in total. The summed E-state index contributed by atoms with van der Waals surface area (Å²) in [5.41, 5.74) is 1.22. The fraction of sp³-hybridized carbons (Fsp3) is 0.579. The number of fused-ring (bicyclic) bond motifs is 1. The Kier molecular flexibility index (Phi) is 3.82. The number of nitriles is 1. The molecule has 1 heterocycles. The van der Waals surface area contributed by atoms with Crippen LogP contribution in [0.25, 0.3) is 0 Å². The van der Waals surface area contributed by atoms with Crippen LogP contribution in [0, 0.1) is 29.1 Å². The summed E-state index contributed by atoms with van der Waals surface area (Å²) in [7, 11) is 0. The maximum atomic E-state index is 12.6. The summed E-state index contributed by atoms with van der Waals surface area (Å²) < 4.78 is 5.94. The molecule has 1 saturated heterocycles. The Morgan fingerprint density at radius 2 is 1.91 bits per heavy atom. The third-order valence-electron chi connectivity index (χ3n) is 5.96. The van der Waals surface area contributed by atoms with Crippen LogP contribution in [0.5, 0.6) is 0 Å². The van der Waals surface area contributed by atoms with Crippen LogP contribution in [0.2, 0.25) is 0 Å². The van der Waals surface area contributed by atoms with E-state index in [1.165, 1.54) is 25.7 Å². The summed E-state index contributed by atoms with van der Waals surface area (Å²) in [5.74, 6) is 1.67. The molecule has 3 fully saturated rings. The SMILES string of the molecule is N#Cc1ccc(C(=O)N[C@H]2[C@H]3CCO[C@H]3[C@H]2C2CCCC2)cc1. The molecule has 3 aliphatic rings. The van der Waals surface area contributed by atoms with Gasteiger partial charge in [-0.2, -0.15) is 5.26 Å². The number of rotatable bonds is 3. The Morgan fingerprint density at radius 1 is 1.17 bits per heavy atom. The molecule has 0 bridgehead atoms. The number of amides is 1. The highest BCUT2D eigenvalue weighted by molar-refractivity contribution is 5.94. The van der Waals surface area contributed by atoms with Crippen LogP contribution in [0.4, 0.5) is 0 Å². The molecule has 120 valence electrons. The van der Waals surface area contributed by atoms with Crippen LogP contribution < -0.4 is 5.32 Å². The summed E-state index contributed by atoms with van der Waals surface area (Å²) in [5, 5.41) is 12.1. The molecule has 2 saturated carbocycles. The van der Waals surface area contributed by atoms with Gasteiger partial charge in [0.05, 0.1) is 17.7 Å². The van der Waals surface area contributed by atoms with Crippen LogP contribution in [0.3, 0.4) is 0 Å². The predicted molar refractivity (Wildman–Crippen MR) is 85.7 cm³/mol. The monoisotopic (exact) mass is 310 g/mol. The lowest BCUT2D eigenvalue weighted by Crippen LogP contribution is -2.63. The molecule has 1 aliphatic heterocycles. The van der Waals surface area contributed by atoms with Gasteiger partial charge in [0.2, 0.25) is 0 Å². The number of benzene rings is 1. The van der Waals surface area contributed by atoms with E-state index in [1.54, 1.807) is 24.3 Å². The molecule has 1 N–H and O–H groups in total. The Balaban J connectivity index is 1.47. The second kappa shape index (κ2) is 5.98. The number of hydrogen-bond acceptors (Lipinski definition) is 3. The second-order valence-electron chi connectivity index (χ2n) is 7.10. The van der Waals surface area contributed by atoms with Gasteiger partial charge in [-0.3, -0.25) is 4.79 Å². The first-order chi connectivity index (χ1) is 11.3. The van der Waals surface area contributed by atoms with Crippen LogP contribution >= 0.6 is 0 Å². The molecule has 0 aromatic heterocycles. The van der Waals surface area contributed by atoms with Gasteiger partial charge in [-0.1, -0.05) is 25.7 Å². The average molecular weight is 310 g/mol. The number of hydrogen-bond donors (Lipinski definition) is 1. The highest BCUT2D eigenvalue weighted by Gasteiger charge is 2.56. The van der Waals surface area contributed by atoms with Crippen molar-refractivity contribution < 1.29 is 9.53 Å². The van der Waals surface area contributed by atoms with Gasteiger partial charge in [0.1, 0.15) is 0 Å². The molecular formula is C19H22N2O2. The lowest BCUT2D eigenvalue weighted by Gasteiger charge is -2.50. The highest BCUT2D eigenvalue weighted by atomic mass is 16.5. The quantitative estimate of drug-likeness (QED) is 0.933. The number of carbonyl (C=O) groups is 1. The molecule has 23 heavy (non-hydrogen) atoms. The molecule has 0 spiro atoms. The molecule has 1 amide bonds. The predicted octanol–water partition coefficient (Wildman–Crippen LogP) is 2.88. The summed E-state index contributed by atoms with van der Waals surface area (Å²) in [6.45, 7) is 0.835. The zero-order valence-electron chi connectivity index (χ0n) is 13.2. The number of nitrogens with one attached hydrogen (secondary N) is 1. The van der Waals surface area contributed by atoms with Crippen LogP contribution in [-0.4, -0.2) is 24.7 Å². The summed E-state index contributed by atoms with van der Waals surface area (Å²) in [6.07, 6.45) is 6.61. The second-order valence-corrected chi connectivity index (χ2v) is 7.10. The Morgan fingerprint density at radius 3 is 2.61 bits per heavy atom. The first-order valence-corrected chi connectivity index (χ1v) is 8.70. The standard InChI is InChI=1S/C19H22N2O2/c20-11-12-5-7-14(8-6-12)19(22)21-17-15-9-10-23-18(15)16(17)13-3-1-2-4-13/h5-8,13,15-18H,1-4,9-10H2,(H,21,22)/t15-,16+,17+,18-/m1/s1. The lowest BCUT2D eigenvalue weighted by molar-refractivity contribution is -0.0784. The van der Waals surface area contributed by atoms with Crippen LogP contribution in [0.15, 0.2) is 24.3 Å². The molecule has 4 rings (SSSR count). The van der Waals surface area contributed by atoms with Crippen molar-refractivity contribution in [3.63, 3.8) is 0 Å². The van der Waals surface area contributed by atoms with Crippen molar-refractivity contribution in [2.45, 2.75) is 44.2 Å². The van der Waals surface area contributed by atoms with E-state index >= 15 is 0 Å². The Hall–Kier alpha value is -1.86. The largest absolute Gasteiger partial charge is 0.377 e. The Labute approximate surface area is 136 Å². The van der Waals surface area contributed by atoms with Gasteiger partial charge in [-0.25, -0.2) is 0 Å². The van der Waals surface area contributed by atoms with E-state index in [2.05, 4.69) is 11.4 Å². The summed E-state index contributed by atoms with van der Waals surface area (Å²) in [4.78, 5) is 12.6. The van der Waals surface area contributed by atoms with Gasteiger partial charge in [0, 0.05) is 30.0 Å². The molecule has 0 unspecified atom stereocenters. The normalized spacial score (nSPS) is 32.8. The number of carbonyl (C=O) groups excluding carboxylic acids is 1. The molecule has 0 radical (unpaired) electrons. The smallest absolute Gasteiger partial charge is 0.251 e. The zero-order chi connectivity index (χ0) is 15.8. The molecule has 4 heteroatoms. The maximum absolute atomic E-state index is 12.6. The average Bonchev–Trinajstić information content (AvgIpc) is 3.23. The topological polar surface area (TPSA) is 62.1 Å². The molecule has 4 atom stereocenters. The third-order valence-corrected chi connectivity index (χ3v) is 5.96. The summed E-state index contributed by atoms with van der Waals surface area (Å²) >= 11 is 0. The minimum absolute atomic E-state index is 0.0205. The molecule has 1 aromatic carbocycles. The van der Waals surface area contributed by atoms with Gasteiger partial charge in [-0.05, 0) is 36.6 Å². The van der Waals surface area contributed by atoms with E-state index in [0.717, 1.165) is 13.0 Å². The van der Waals surface area contributed by atoms with E-state index in [4.69, 9.17) is 10.00 Å². The molecule has 2 aliphatic carbocycles. The Bertz CT molecular complexity index is 623. The van der Waals surface area contributed by atoms with Crippen molar-refractivity contribution in [1.29, 1.82) is 5.26 Å². The van der Waals surface area contributed by atoms with E-state index in [-0.39, 0.29) is 11.9 Å². The van der Waals surface area contributed by atoms with Gasteiger partial charge < -0.3 is 10.1 Å². The zero-order valence-corrected chi connectivity index (χ0v) is 13.2. The van der Waals surface area contributed by atoms with Gasteiger partial charge >= 0.3 is 0 Å². The van der Waals surface area contributed by atoms with E-state index in [9.17, 15) is 4.79 Å². The van der Waals surface area contributed by atoms with Crippen molar-refractivity contribution >= 4 is 5.91 Å². The van der Waals surface area contributed by atoms with Crippen molar-refractivity contribution in [2.75, 3.05) is 6.61 Å². The van der Waals surface area contributed by atoms with Crippen molar-refractivity contribution in [3.05, 3.63) is 35.4 Å². The third kappa shape index (κ3) is 2.53. The fourth-order valence-electron chi connectivity index (χ4n) is 4.79. The van der Waals surface area contributed by atoms with Crippen LogP contribution in [0.1, 0.15) is 48.0 Å². The maximum Gasteiger partial charge on any atom is 0.251 e. The minimum atomic E-state index is -0.0205. The number of nitrogens with zero attached hydrogens (tertiary/aromatic N) is 1. The first-order valence-electron chi connectivity index (χ1n) is 8.70. The van der Waals surface area contributed by atoms with Crippen molar-refractivity contribution in [2.24, 2.45) is 17.8 Å². The highest BCUT2D eigenvalue weighted by Crippen LogP contribution is 2.51.